The third-order valence-electron chi connectivity index (χ3n) is 3.18. The number of aromatic nitrogens is 1. The Morgan fingerprint density at radius 2 is 2.19 bits per heavy atom. The molecule has 0 atom stereocenters. The second-order valence-electron chi connectivity index (χ2n) is 4.71. The van der Waals surface area contributed by atoms with Crippen LogP contribution in [0.2, 0.25) is 0 Å². The van der Waals surface area contributed by atoms with Crippen molar-refractivity contribution < 1.29 is 9.21 Å². The Bertz CT molecular complexity index is 758. The van der Waals surface area contributed by atoms with E-state index in [1.165, 1.54) is 5.39 Å². The van der Waals surface area contributed by atoms with Gasteiger partial charge in [0.15, 0.2) is 5.76 Å². The molecule has 0 unspecified atom stereocenters. The highest BCUT2D eigenvalue weighted by molar-refractivity contribution is 7.98. The quantitative estimate of drug-likeness (QED) is 0.299. The molecule has 0 aliphatic carbocycles. The van der Waals surface area contributed by atoms with Crippen LogP contribution in [0.15, 0.2) is 45.8 Å². The lowest BCUT2D eigenvalue weighted by atomic mass is 10.2. The van der Waals surface area contributed by atoms with Crippen molar-refractivity contribution in [2.45, 2.75) is 17.7 Å². The maximum Gasteiger partial charge on any atom is 0.301 e. The van der Waals surface area contributed by atoms with E-state index >= 15 is 0 Å². The third-order valence-corrected chi connectivity index (χ3v) is 4.14. The summed E-state index contributed by atoms with van der Waals surface area (Å²) in [6, 6.07) is 12.1. The van der Waals surface area contributed by atoms with Gasteiger partial charge in [0.2, 0.25) is 0 Å². The van der Waals surface area contributed by atoms with E-state index < -0.39 is 5.91 Å². The SMILES string of the molecule is Cc1cc(CSc2cc3ccccc3[nH]2)oc1C(=O)NN. The van der Waals surface area contributed by atoms with Gasteiger partial charge < -0.3 is 9.40 Å². The first-order chi connectivity index (χ1) is 10.2. The number of hydrogen-bond acceptors (Lipinski definition) is 4. The van der Waals surface area contributed by atoms with E-state index in [0.29, 0.717) is 5.75 Å². The molecule has 3 aromatic rings. The molecule has 0 aliphatic heterocycles. The number of nitrogens with one attached hydrogen (secondary N) is 2. The number of H-pyrrole nitrogens is 1. The van der Waals surface area contributed by atoms with Gasteiger partial charge in [0.05, 0.1) is 10.8 Å². The number of furan rings is 1. The number of thioether (sulfide) groups is 1. The van der Waals surface area contributed by atoms with Crippen molar-refractivity contribution in [3.8, 4) is 0 Å². The number of nitrogens with two attached hydrogens (primary N) is 1. The summed E-state index contributed by atoms with van der Waals surface area (Å²) in [5.74, 6) is 6.37. The molecule has 0 saturated carbocycles. The van der Waals surface area contributed by atoms with Crippen molar-refractivity contribution in [2.75, 3.05) is 0 Å². The van der Waals surface area contributed by atoms with Gasteiger partial charge in [0.25, 0.3) is 0 Å². The highest BCUT2D eigenvalue weighted by Gasteiger charge is 2.14. The molecule has 0 bridgehead atoms. The standard InChI is InChI=1S/C15H15N3O2S/c1-9-6-11(20-14(9)15(19)18-16)8-21-13-7-10-4-2-3-5-12(10)17-13/h2-7,17H,8,16H2,1H3,(H,18,19). The Balaban J connectivity index is 1.74. The van der Waals surface area contributed by atoms with Gasteiger partial charge in [-0.05, 0) is 25.1 Å². The average molecular weight is 301 g/mol. The van der Waals surface area contributed by atoms with Gasteiger partial charge in [-0.15, -0.1) is 11.8 Å². The topological polar surface area (TPSA) is 84.0 Å². The summed E-state index contributed by atoms with van der Waals surface area (Å²) in [5.41, 5.74) is 3.97. The zero-order valence-corrected chi connectivity index (χ0v) is 12.3. The van der Waals surface area contributed by atoms with Crippen molar-refractivity contribution in [1.82, 2.24) is 10.4 Å². The van der Waals surface area contributed by atoms with Gasteiger partial charge in [-0.25, -0.2) is 5.84 Å². The molecule has 2 aromatic heterocycles. The molecular weight excluding hydrogens is 286 g/mol. The summed E-state index contributed by atoms with van der Waals surface area (Å²) < 4.78 is 5.54. The lowest BCUT2D eigenvalue weighted by Crippen LogP contribution is -2.30. The highest BCUT2D eigenvalue weighted by Crippen LogP contribution is 2.27. The third kappa shape index (κ3) is 2.81. The zero-order chi connectivity index (χ0) is 14.8. The van der Waals surface area contributed by atoms with Gasteiger partial charge >= 0.3 is 5.91 Å². The molecule has 0 aliphatic rings. The van der Waals surface area contributed by atoms with E-state index in [4.69, 9.17) is 10.3 Å². The van der Waals surface area contributed by atoms with Crippen LogP contribution in [0.5, 0.6) is 0 Å². The molecule has 2 heterocycles. The minimum absolute atomic E-state index is 0.268. The average Bonchev–Trinajstić information content (AvgIpc) is 3.07. The van der Waals surface area contributed by atoms with E-state index in [-0.39, 0.29) is 5.76 Å². The second-order valence-corrected chi connectivity index (χ2v) is 5.73. The number of nitrogen functional groups attached to an aromatic ring is 1. The Morgan fingerprint density at radius 1 is 1.38 bits per heavy atom. The van der Waals surface area contributed by atoms with Crippen LogP contribution in [0, 0.1) is 6.92 Å². The lowest BCUT2D eigenvalue weighted by molar-refractivity contribution is 0.0923. The predicted molar refractivity (Wildman–Crippen MR) is 83.0 cm³/mol. The molecule has 0 saturated heterocycles. The summed E-state index contributed by atoms with van der Waals surface area (Å²) in [4.78, 5) is 14.8. The van der Waals surface area contributed by atoms with Crippen LogP contribution in [0.3, 0.4) is 0 Å². The summed E-state index contributed by atoms with van der Waals surface area (Å²) in [7, 11) is 0. The molecule has 4 N–H and O–H groups in total. The number of hydrogen-bond donors (Lipinski definition) is 3. The Kier molecular flexibility index (Phi) is 3.72. The van der Waals surface area contributed by atoms with Gasteiger partial charge in [0, 0.05) is 16.5 Å². The van der Waals surface area contributed by atoms with Crippen LogP contribution in [-0.4, -0.2) is 10.9 Å². The minimum Gasteiger partial charge on any atom is -0.455 e. The molecule has 108 valence electrons. The predicted octanol–water partition coefficient (Wildman–Crippen LogP) is 2.97. The number of carbonyl (C=O) groups is 1. The molecule has 0 radical (unpaired) electrons. The minimum atomic E-state index is -0.408. The van der Waals surface area contributed by atoms with Crippen molar-refractivity contribution in [2.24, 2.45) is 5.84 Å². The van der Waals surface area contributed by atoms with Gasteiger partial charge in [-0.2, -0.15) is 0 Å². The first kappa shape index (κ1) is 13.8. The van der Waals surface area contributed by atoms with E-state index in [9.17, 15) is 4.79 Å². The summed E-state index contributed by atoms with van der Waals surface area (Å²) in [6.07, 6.45) is 0. The second kappa shape index (κ2) is 5.67. The number of rotatable bonds is 4. The molecule has 3 rings (SSSR count). The van der Waals surface area contributed by atoms with Crippen LogP contribution in [0.25, 0.3) is 10.9 Å². The van der Waals surface area contributed by atoms with Crippen molar-refractivity contribution >= 4 is 28.6 Å². The highest BCUT2D eigenvalue weighted by atomic mass is 32.2. The number of aryl methyl sites for hydroxylation is 1. The molecule has 1 aromatic carbocycles. The number of carbonyl (C=O) groups excluding carboxylic acids is 1. The maximum absolute atomic E-state index is 11.5. The Labute approximate surface area is 125 Å². The van der Waals surface area contributed by atoms with Crippen molar-refractivity contribution in [1.29, 1.82) is 0 Å². The van der Waals surface area contributed by atoms with Crippen LogP contribution in [0.1, 0.15) is 21.9 Å². The van der Waals surface area contributed by atoms with Crippen LogP contribution in [-0.2, 0) is 5.75 Å². The largest absolute Gasteiger partial charge is 0.455 e. The molecule has 0 spiro atoms. The number of amides is 1. The Hall–Kier alpha value is -2.18. The molecule has 0 fully saturated rings. The molecule has 21 heavy (non-hydrogen) atoms. The van der Waals surface area contributed by atoms with Crippen molar-refractivity contribution in [3.05, 3.63) is 53.5 Å². The van der Waals surface area contributed by atoms with Gasteiger partial charge in [-0.3, -0.25) is 10.2 Å². The molecule has 6 heteroatoms. The van der Waals surface area contributed by atoms with Gasteiger partial charge in [-0.1, -0.05) is 18.2 Å². The fourth-order valence-corrected chi connectivity index (χ4v) is 3.02. The smallest absolute Gasteiger partial charge is 0.301 e. The maximum atomic E-state index is 11.5. The van der Waals surface area contributed by atoms with E-state index in [2.05, 4.69) is 22.5 Å². The molecule has 5 nitrogen and oxygen atoms in total. The zero-order valence-electron chi connectivity index (χ0n) is 11.5. The number of hydrazine groups is 1. The number of benzene rings is 1. The summed E-state index contributed by atoms with van der Waals surface area (Å²) in [5, 5.41) is 2.24. The number of aromatic amines is 1. The van der Waals surface area contributed by atoms with Crippen LogP contribution in [0.4, 0.5) is 0 Å². The van der Waals surface area contributed by atoms with E-state index in [1.54, 1.807) is 11.8 Å². The van der Waals surface area contributed by atoms with Crippen molar-refractivity contribution in [3.63, 3.8) is 0 Å². The van der Waals surface area contributed by atoms with Crippen LogP contribution >= 0.6 is 11.8 Å². The Morgan fingerprint density at radius 3 is 2.95 bits per heavy atom. The van der Waals surface area contributed by atoms with E-state index in [1.807, 2.05) is 31.2 Å². The monoisotopic (exact) mass is 301 g/mol. The first-order valence-corrected chi connectivity index (χ1v) is 7.47. The lowest BCUT2D eigenvalue weighted by Gasteiger charge is -1.97. The first-order valence-electron chi connectivity index (χ1n) is 6.48. The van der Waals surface area contributed by atoms with Crippen LogP contribution < -0.4 is 11.3 Å². The number of para-hydroxylation sites is 1. The molecular formula is C15H15N3O2S. The fraction of sp³-hybridized carbons (Fsp3) is 0.133. The number of fused-ring (bicyclic) bond motifs is 1. The summed E-state index contributed by atoms with van der Waals surface area (Å²) >= 11 is 1.63. The van der Waals surface area contributed by atoms with E-state index in [0.717, 1.165) is 21.9 Å². The molecule has 1 amide bonds. The normalized spacial score (nSPS) is 11.0. The van der Waals surface area contributed by atoms with Gasteiger partial charge in [0.1, 0.15) is 5.76 Å². The summed E-state index contributed by atoms with van der Waals surface area (Å²) in [6.45, 7) is 1.82. The fourth-order valence-electron chi connectivity index (χ4n) is 2.18.